The fourth-order valence-electron chi connectivity index (χ4n) is 2.77. The van der Waals surface area contributed by atoms with Crippen molar-refractivity contribution in [3.8, 4) is 0 Å². The molecule has 22 heavy (non-hydrogen) atoms. The summed E-state index contributed by atoms with van der Waals surface area (Å²) in [5, 5.41) is 0. The van der Waals surface area contributed by atoms with Crippen LogP contribution in [0.2, 0.25) is 0 Å². The van der Waals surface area contributed by atoms with E-state index in [1.807, 2.05) is 30.3 Å². The Kier molecular flexibility index (Phi) is 6.84. The number of hydrogen-bond donors (Lipinski definition) is 1. The van der Waals surface area contributed by atoms with E-state index in [0.29, 0.717) is 19.6 Å². The molecule has 2 atom stereocenters. The smallest absolute Gasteiger partial charge is 0.237 e. The molecule has 2 N–H and O–H groups in total. The molecule has 0 radical (unpaired) electrons. The van der Waals surface area contributed by atoms with E-state index < -0.39 is 15.6 Å². The van der Waals surface area contributed by atoms with Gasteiger partial charge in [0.2, 0.25) is 5.91 Å². The highest BCUT2D eigenvalue weighted by Gasteiger charge is 2.36. The molecule has 1 aliphatic heterocycles. The Morgan fingerprint density at radius 2 is 1.91 bits per heavy atom. The van der Waals surface area contributed by atoms with E-state index in [9.17, 15) is 13.2 Å². The number of likely N-dealkylation sites (tertiary alicyclic amines) is 1. The maximum Gasteiger partial charge on any atom is 0.237 e. The van der Waals surface area contributed by atoms with Crippen LogP contribution >= 0.6 is 12.4 Å². The van der Waals surface area contributed by atoms with Crippen LogP contribution in [-0.2, 0) is 14.6 Å². The van der Waals surface area contributed by atoms with E-state index >= 15 is 0 Å². The second kappa shape index (κ2) is 7.94. The van der Waals surface area contributed by atoms with Gasteiger partial charge in [-0.2, -0.15) is 0 Å². The molecule has 124 valence electrons. The van der Waals surface area contributed by atoms with Crippen molar-refractivity contribution < 1.29 is 13.2 Å². The van der Waals surface area contributed by atoms with Crippen molar-refractivity contribution >= 4 is 28.2 Å². The normalized spacial score (nSPS) is 21.5. The van der Waals surface area contributed by atoms with Gasteiger partial charge in [0, 0.05) is 24.8 Å². The molecular weight excluding hydrogens is 324 g/mol. The summed E-state index contributed by atoms with van der Waals surface area (Å²) >= 11 is 0. The van der Waals surface area contributed by atoms with Crippen LogP contribution in [0.15, 0.2) is 30.3 Å². The molecule has 0 bridgehead atoms. The molecule has 7 heteroatoms. The highest BCUT2D eigenvalue weighted by atomic mass is 35.5. The highest BCUT2D eigenvalue weighted by molar-refractivity contribution is 7.92. The minimum absolute atomic E-state index is 0. The number of halogens is 1. The third-order valence-corrected chi connectivity index (χ3v) is 5.67. The van der Waals surface area contributed by atoms with Gasteiger partial charge in [-0.05, 0) is 18.0 Å². The van der Waals surface area contributed by atoms with Gasteiger partial charge in [0.25, 0.3) is 0 Å². The zero-order valence-electron chi connectivity index (χ0n) is 12.6. The summed E-state index contributed by atoms with van der Waals surface area (Å²) < 4.78 is 23.2. The Morgan fingerprint density at radius 3 is 2.45 bits per heavy atom. The van der Waals surface area contributed by atoms with E-state index in [-0.39, 0.29) is 35.9 Å². The minimum Gasteiger partial charge on any atom is -0.341 e. The number of carbonyl (C=O) groups excluding carboxylic acids is 1. The van der Waals surface area contributed by atoms with Gasteiger partial charge < -0.3 is 10.6 Å². The molecule has 0 spiro atoms. The van der Waals surface area contributed by atoms with Gasteiger partial charge in [-0.15, -0.1) is 12.4 Å². The van der Waals surface area contributed by atoms with Crippen LogP contribution in [0.5, 0.6) is 0 Å². The van der Waals surface area contributed by atoms with Gasteiger partial charge >= 0.3 is 0 Å². The van der Waals surface area contributed by atoms with Crippen LogP contribution in [0.3, 0.4) is 0 Å². The average molecular weight is 347 g/mol. The first-order valence-electron chi connectivity index (χ1n) is 7.20. The fourth-order valence-corrected chi connectivity index (χ4v) is 3.54. The Balaban J connectivity index is 0.00000242. The zero-order chi connectivity index (χ0) is 15.5. The summed E-state index contributed by atoms with van der Waals surface area (Å²) in [6.07, 6.45) is 0. The molecule has 0 saturated carbocycles. The van der Waals surface area contributed by atoms with Gasteiger partial charge in [-0.1, -0.05) is 37.3 Å². The summed E-state index contributed by atoms with van der Waals surface area (Å²) in [4.78, 5) is 13.8. The number of sulfone groups is 1. The highest BCUT2D eigenvalue weighted by Crippen LogP contribution is 2.32. The Bertz CT molecular complexity index is 592. The van der Waals surface area contributed by atoms with Gasteiger partial charge in [0.05, 0.1) is 0 Å². The molecule has 1 fully saturated rings. The Morgan fingerprint density at radius 1 is 1.27 bits per heavy atom. The number of amides is 1. The second-order valence-corrected chi connectivity index (χ2v) is 7.84. The summed E-state index contributed by atoms with van der Waals surface area (Å²) in [6, 6.07) is 9.95. The number of benzene rings is 1. The van der Waals surface area contributed by atoms with E-state index in [1.165, 1.54) is 0 Å². The standard InChI is InChI=1S/C15H22N2O3S.ClH/c1-2-21(19,20)11-15(18)17-9-13(8-16)14(10-17)12-6-4-3-5-7-12;/h3-7,13-14H,2,8-11,16H2,1H3;1H/t13-,14+;/m1./s1. The van der Waals surface area contributed by atoms with Crippen LogP contribution in [0.4, 0.5) is 0 Å². The summed E-state index contributed by atoms with van der Waals surface area (Å²) in [5.74, 6) is -0.351. The van der Waals surface area contributed by atoms with Crippen molar-refractivity contribution in [1.29, 1.82) is 0 Å². The number of rotatable bonds is 5. The van der Waals surface area contributed by atoms with Gasteiger partial charge in [-0.3, -0.25) is 4.79 Å². The SMILES string of the molecule is CCS(=O)(=O)CC(=O)N1C[C@@H](CN)[C@H](c2ccccc2)C1.Cl. The fraction of sp³-hybridized carbons (Fsp3) is 0.533. The van der Waals surface area contributed by atoms with Crippen molar-refractivity contribution in [2.24, 2.45) is 11.7 Å². The summed E-state index contributed by atoms with van der Waals surface area (Å²) in [6.45, 7) is 3.13. The van der Waals surface area contributed by atoms with Crippen molar-refractivity contribution in [2.45, 2.75) is 12.8 Å². The maximum atomic E-state index is 12.2. The molecule has 1 aromatic carbocycles. The average Bonchev–Trinajstić information content (AvgIpc) is 2.92. The molecule has 1 amide bonds. The first-order chi connectivity index (χ1) is 9.96. The van der Waals surface area contributed by atoms with Crippen molar-refractivity contribution in [3.05, 3.63) is 35.9 Å². The van der Waals surface area contributed by atoms with Gasteiger partial charge in [0.15, 0.2) is 9.84 Å². The van der Waals surface area contributed by atoms with Gasteiger partial charge in [0.1, 0.15) is 5.75 Å². The lowest BCUT2D eigenvalue weighted by atomic mass is 9.89. The van der Waals surface area contributed by atoms with Crippen LogP contribution in [-0.4, -0.2) is 50.4 Å². The maximum absolute atomic E-state index is 12.2. The molecule has 5 nitrogen and oxygen atoms in total. The Hall–Kier alpha value is -1.11. The largest absolute Gasteiger partial charge is 0.341 e. The van der Waals surface area contributed by atoms with Crippen LogP contribution in [0.25, 0.3) is 0 Å². The molecule has 0 aliphatic carbocycles. The van der Waals surface area contributed by atoms with E-state index in [0.717, 1.165) is 5.56 Å². The topological polar surface area (TPSA) is 80.5 Å². The second-order valence-electron chi connectivity index (χ2n) is 5.49. The molecule has 1 saturated heterocycles. The predicted molar refractivity (Wildman–Crippen MR) is 89.9 cm³/mol. The summed E-state index contributed by atoms with van der Waals surface area (Å²) in [5.41, 5.74) is 6.98. The van der Waals surface area contributed by atoms with E-state index in [1.54, 1.807) is 11.8 Å². The Labute approximate surface area is 138 Å². The van der Waals surface area contributed by atoms with Crippen molar-refractivity contribution in [3.63, 3.8) is 0 Å². The van der Waals surface area contributed by atoms with Crippen LogP contribution in [0, 0.1) is 5.92 Å². The number of nitrogens with zero attached hydrogens (tertiary/aromatic N) is 1. The molecule has 2 rings (SSSR count). The monoisotopic (exact) mass is 346 g/mol. The third-order valence-electron chi connectivity index (χ3n) is 4.11. The first kappa shape index (κ1) is 18.9. The lowest BCUT2D eigenvalue weighted by molar-refractivity contribution is -0.127. The lowest BCUT2D eigenvalue weighted by Gasteiger charge is -2.16. The van der Waals surface area contributed by atoms with E-state index in [2.05, 4.69) is 0 Å². The number of nitrogens with two attached hydrogens (primary N) is 1. The van der Waals surface area contributed by atoms with Crippen LogP contribution in [0.1, 0.15) is 18.4 Å². The number of carbonyl (C=O) groups is 1. The lowest BCUT2D eigenvalue weighted by Crippen LogP contribution is -2.35. The predicted octanol–water partition coefficient (Wildman–Crippen LogP) is 1.04. The van der Waals surface area contributed by atoms with Gasteiger partial charge in [-0.25, -0.2) is 8.42 Å². The van der Waals surface area contributed by atoms with Crippen molar-refractivity contribution in [1.82, 2.24) is 4.90 Å². The molecule has 1 aromatic rings. The molecule has 0 unspecified atom stereocenters. The summed E-state index contributed by atoms with van der Waals surface area (Å²) in [7, 11) is -3.28. The number of hydrogen-bond acceptors (Lipinski definition) is 4. The first-order valence-corrected chi connectivity index (χ1v) is 9.02. The molecule has 0 aromatic heterocycles. The van der Waals surface area contributed by atoms with Crippen molar-refractivity contribution in [2.75, 3.05) is 31.1 Å². The molecule has 1 heterocycles. The quantitative estimate of drug-likeness (QED) is 0.864. The zero-order valence-corrected chi connectivity index (χ0v) is 14.3. The molecular formula is C15H23ClN2O3S. The van der Waals surface area contributed by atoms with E-state index in [4.69, 9.17) is 5.73 Å². The minimum atomic E-state index is -3.28. The molecule has 1 aliphatic rings. The van der Waals surface area contributed by atoms with Crippen LogP contribution < -0.4 is 5.73 Å². The third kappa shape index (κ3) is 4.44.